The number of hydrogen-bond acceptors (Lipinski definition) is 4. The van der Waals surface area contributed by atoms with E-state index in [2.05, 4.69) is 26.2 Å². The molecule has 3 rings (SSSR count). The quantitative estimate of drug-likeness (QED) is 0.487. The third-order valence-electron chi connectivity index (χ3n) is 3.43. The zero-order valence-corrected chi connectivity index (χ0v) is 14.8. The molecule has 0 spiro atoms. The molecular weight excluding hydrogens is 390 g/mol. The monoisotopic (exact) mass is 401 g/mol. The Balaban J connectivity index is 1.90. The number of aliphatic imine (C=N–C) groups is 1. The molecule has 2 aromatic rings. The maximum Gasteiger partial charge on any atom is 0.251 e. The van der Waals surface area contributed by atoms with Crippen LogP contribution >= 0.6 is 28.1 Å². The molecule has 0 radical (unpaired) electrons. The molecule has 1 N–H and O–H groups in total. The van der Waals surface area contributed by atoms with E-state index in [1.807, 2.05) is 24.3 Å². The molecular formula is C17H12BrN3O2S. The smallest absolute Gasteiger partial charge is 0.251 e. The number of hydrogen-bond donors (Lipinski definition) is 1. The molecule has 0 aliphatic carbocycles. The van der Waals surface area contributed by atoms with Gasteiger partial charge in [-0.1, -0.05) is 30.3 Å². The Hall–Kier alpha value is -2.38. The average molecular weight is 402 g/mol. The molecule has 120 valence electrons. The van der Waals surface area contributed by atoms with Gasteiger partial charge in [0.15, 0.2) is 11.0 Å². The van der Waals surface area contributed by atoms with Crippen LogP contribution in [0.15, 0.2) is 64.1 Å². The standard InChI is InChI=1S/C17H12BrN3O2S/c18-13-8-4-5-9-14(13)19-10-12-15(22)20-17(24)21(16(12)23)11-6-2-1-3-7-11/h1-10,12H,(H,20,22,24). The normalized spacial score (nSPS) is 18.1. The minimum atomic E-state index is -1.04. The van der Waals surface area contributed by atoms with Gasteiger partial charge in [0.05, 0.1) is 11.4 Å². The van der Waals surface area contributed by atoms with Gasteiger partial charge >= 0.3 is 0 Å². The van der Waals surface area contributed by atoms with E-state index in [0.29, 0.717) is 11.4 Å². The van der Waals surface area contributed by atoms with Crippen LogP contribution in [0.5, 0.6) is 0 Å². The molecule has 1 aliphatic rings. The first kappa shape index (κ1) is 16.5. The van der Waals surface area contributed by atoms with Crippen molar-refractivity contribution in [2.45, 2.75) is 0 Å². The van der Waals surface area contributed by atoms with E-state index < -0.39 is 17.7 Å². The van der Waals surface area contributed by atoms with Gasteiger partial charge in [0.1, 0.15) is 0 Å². The Bertz CT molecular complexity index is 839. The summed E-state index contributed by atoms with van der Waals surface area (Å²) in [5.41, 5.74) is 1.24. The molecule has 2 aromatic carbocycles. The first-order chi connectivity index (χ1) is 11.6. The Labute approximate surface area is 152 Å². The highest BCUT2D eigenvalue weighted by molar-refractivity contribution is 9.10. The van der Waals surface area contributed by atoms with E-state index in [1.165, 1.54) is 11.1 Å². The predicted octanol–water partition coefficient (Wildman–Crippen LogP) is 3.22. The van der Waals surface area contributed by atoms with Crippen molar-refractivity contribution in [1.29, 1.82) is 0 Å². The molecule has 1 unspecified atom stereocenters. The van der Waals surface area contributed by atoms with E-state index in [1.54, 1.807) is 30.3 Å². The van der Waals surface area contributed by atoms with E-state index in [0.717, 1.165) is 4.47 Å². The number of nitrogens with one attached hydrogen (secondary N) is 1. The van der Waals surface area contributed by atoms with E-state index in [4.69, 9.17) is 12.2 Å². The van der Waals surface area contributed by atoms with Crippen LogP contribution < -0.4 is 10.2 Å². The number of para-hydroxylation sites is 2. The summed E-state index contributed by atoms with van der Waals surface area (Å²) in [5.74, 6) is -1.94. The number of anilines is 1. The third kappa shape index (κ3) is 3.27. The average Bonchev–Trinajstić information content (AvgIpc) is 2.57. The van der Waals surface area contributed by atoms with Gasteiger partial charge in [-0.25, -0.2) is 0 Å². The second-order valence-corrected chi connectivity index (χ2v) is 6.25. The summed E-state index contributed by atoms with van der Waals surface area (Å²) in [4.78, 5) is 30.4. The zero-order valence-electron chi connectivity index (χ0n) is 12.3. The van der Waals surface area contributed by atoms with Gasteiger partial charge in [-0.2, -0.15) is 0 Å². The van der Waals surface area contributed by atoms with Crippen molar-refractivity contribution in [3.8, 4) is 0 Å². The molecule has 5 nitrogen and oxygen atoms in total. The maximum atomic E-state index is 12.7. The summed E-state index contributed by atoms with van der Waals surface area (Å²) in [6, 6.07) is 16.2. The van der Waals surface area contributed by atoms with Gasteiger partial charge in [-0.15, -0.1) is 0 Å². The summed E-state index contributed by atoms with van der Waals surface area (Å²) in [5, 5.41) is 2.62. The van der Waals surface area contributed by atoms with Gasteiger partial charge in [0, 0.05) is 10.7 Å². The summed E-state index contributed by atoms with van der Waals surface area (Å²) in [6.07, 6.45) is 1.34. The molecule has 2 amide bonds. The number of halogens is 1. The lowest BCUT2D eigenvalue weighted by atomic mass is 10.1. The Morgan fingerprint density at radius 2 is 1.75 bits per heavy atom. The van der Waals surface area contributed by atoms with Crippen LogP contribution in [0.25, 0.3) is 0 Å². The maximum absolute atomic E-state index is 12.7. The van der Waals surface area contributed by atoms with E-state index in [-0.39, 0.29) is 5.11 Å². The van der Waals surface area contributed by atoms with E-state index >= 15 is 0 Å². The highest BCUT2D eigenvalue weighted by Crippen LogP contribution is 2.25. The van der Waals surface area contributed by atoms with Gasteiger partial charge in [-0.05, 0) is 52.4 Å². The van der Waals surface area contributed by atoms with Crippen molar-refractivity contribution >= 4 is 62.7 Å². The van der Waals surface area contributed by atoms with Crippen molar-refractivity contribution in [1.82, 2.24) is 5.32 Å². The molecule has 24 heavy (non-hydrogen) atoms. The molecule has 1 fully saturated rings. The minimum Gasteiger partial charge on any atom is -0.301 e. The lowest BCUT2D eigenvalue weighted by Gasteiger charge is -2.30. The Morgan fingerprint density at radius 1 is 1.08 bits per heavy atom. The van der Waals surface area contributed by atoms with Crippen LogP contribution in [-0.4, -0.2) is 23.1 Å². The van der Waals surface area contributed by atoms with Crippen LogP contribution in [0.3, 0.4) is 0 Å². The summed E-state index contributed by atoms with van der Waals surface area (Å²) < 4.78 is 0.778. The van der Waals surface area contributed by atoms with Crippen LogP contribution in [0.4, 0.5) is 11.4 Å². The van der Waals surface area contributed by atoms with Crippen molar-refractivity contribution in [2.24, 2.45) is 10.9 Å². The third-order valence-corrected chi connectivity index (χ3v) is 4.39. The van der Waals surface area contributed by atoms with Crippen LogP contribution in [0.1, 0.15) is 0 Å². The number of amides is 2. The van der Waals surface area contributed by atoms with Crippen LogP contribution in [-0.2, 0) is 9.59 Å². The minimum absolute atomic E-state index is 0.0711. The largest absolute Gasteiger partial charge is 0.301 e. The van der Waals surface area contributed by atoms with Crippen molar-refractivity contribution in [3.05, 3.63) is 59.1 Å². The summed E-state index contributed by atoms with van der Waals surface area (Å²) >= 11 is 8.52. The van der Waals surface area contributed by atoms with Gasteiger partial charge in [0.2, 0.25) is 5.91 Å². The topological polar surface area (TPSA) is 61.8 Å². The first-order valence-electron chi connectivity index (χ1n) is 7.10. The molecule has 0 aromatic heterocycles. The number of carbonyl (C=O) groups is 2. The fourth-order valence-electron chi connectivity index (χ4n) is 2.25. The van der Waals surface area contributed by atoms with Crippen molar-refractivity contribution in [3.63, 3.8) is 0 Å². The number of carbonyl (C=O) groups excluding carboxylic acids is 2. The van der Waals surface area contributed by atoms with Crippen molar-refractivity contribution < 1.29 is 9.59 Å². The molecule has 0 bridgehead atoms. The van der Waals surface area contributed by atoms with Crippen molar-refractivity contribution in [2.75, 3.05) is 4.90 Å². The molecule has 0 saturated carbocycles. The van der Waals surface area contributed by atoms with Crippen LogP contribution in [0.2, 0.25) is 0 Å². The van der Waals surface area contributed by atoms with Crippen LogP contribution in [0, 0.1) is 5.92 Å². The Morgan fingerprint density at radius 3 is 2.46 bits per heavy atom. The Kier molecular flexibility index (Phi) is 4.82. The number of nitrogens with zero attached hydrogens (tertiary/aromatic N) is 2. The number of rotatable bonds is 3. The fraction of sp³-hybridized carbons (Fsp3) is 0.0588. The SMILES string of the molecule is O=C1NC(=S)N(c2ccccc2)C(=O)C1C=Nc1ccccc1Br. The second kappa shape index (κ2) is 7.02. The molecule has 7 heteroatoms. The van der Waals surface area contributed by atoms with Gasteiger partial charge < -0.3 is 5.32 Å². The van der Waals surface area contributed by atoms with Gasteiger partial charge in [-0.3, -0.25) is 19.5 Å². The molecule has 1 heterocycles. The summed E-state index contributed by atoms with van der Waals surface area (Å²) in [6.45, 7) is 0. The molecule has 1 aliphatic heterocycles. The lowest BCUT2D eigenvalue weighted by molar-refractivity contribution is -0.130. The van der Waals surface area contributed by atoms with Gasteiger partial charge in [0.25, 0.3) is 5.91 Å². The number of benzene rings is 2. The second-order valence-electron chi connectivity index (χ2n) is 5.01. The zero-order chi connectivity index (χ0) is 17.1. The summed E-state index contributed by atoms with van der Waals surface area (Å²) in [7, 11) is 0. The molecule has 1 atom stereocenters. The number of thiocarbonyl (C=S) groups is 1. The molecule has 1 saturated heterocycles. The predicted molar refractivity (Wildman–Crippen MR) is 100 cm³/mol. The fourth-order valence-corrected chi connectivity index (χ4v) is 2.94. The highest BCUT2D eigenvalue weighted by atomic mass is 79.9. The first-order valence-corrected chi connectivity index (χ1v) is 8.30. The lowest BCUT2D eigenvalue weighted by Crippen LogP contribution is -2.58. The highest BCUT2D eigenvalue weighted by Gasteiger charge is 2.38. The van der Waals surface area contributed by atoms with E-state index in [9.17, 15) is 9.59 Å².